The normalized spacial score (nSPS) is 14.5. The van der Waals surface area contributed by atoms with Gasteiger partial charge in [0.05, 0.1) is 34.4 Å². The molecule has 43 heavy (non-hydrogen) atoms. The largest absolute Gasteiger partial charge is 0.375 e. The van der Waals surface area contributed by atoms with Gasteiger partial charge in [0.1, 0.15) is 11.2 Å². The number of nitrogens with one attached hydrogen (secondary N) is 2. The number of nitrogens with zero attached hydrogens (tertiary/aromatic N) is 5. The van der Waals surface area contributed by atoms with Crippen LogP contribution in [0.3, 0.4) is 0 Å². The van der Waals surface area contributed by atoms with Crippen LogP contribution < -0.4 is 15.6 Å². The lowest BCUT2D eigenvalue weighted by Crippen LogP contribution is -2.53. The van der Waals surface area contributed by atoms with E-state index >= 15 is 0 Å². The van der Waals surface area contributed by atoms with Gasteiger partial charge >= 0.3 is 0 Å². The Kier molecular flexibility index (Phi) is 7.31. The zero-order valence-electron chi connectivity index (χ0n) is 24.7. The zero-order chi connectivity index (χ0) is 30.4. The lowest BCUT2D eigenvalue weighted by atomic mass is 9.91. The van der Waals surface area contributed by atoms with E-state index in [1.165, 1.54) is 0 Å². The molecule has 0 radical (unpaired) electrons. The monoisotopic (exact) mass is 597 g/mol. The van der Waals surface area contributed by atoms with Crippen LogP contribution in [0.25, 0.3) is 22.0 Å². The van der Waals surface area contributed by atoms with E-state index < -0.39 is 15.6 Å². The first-order valence-electron chi connectivity index (χ1n) is 14.2. The molecule has 11 heteroatoms. The highest BCUT2D eigenvalue weighted by molar-refractivity contribution is 7.92. The van der Waals surface area contributed by atoms with Crippen LogP contribution in [-0.4, -0.2) is 64.4 Å². The maximum absolute atomic E-state index is 13.1. The van der Waals surface area contributed by atoms with Gasteiger partial charge in [-0.25, -0.2) is 8.42 Å². The number of likely N-dealkylation sites (N-methyl/N-ethyl adjacent to an activating group) is 1. The first-order chi connectivity index (χ1) is 20.6. The van der Waals surface area contributed by atoms with Crippen LogP contribution >= 0.6 is 0 Å². The average molecular weight is 598 g/mol. The number of fused-ring (bicyclic) bond motifs is 1. The highest BCUT2D eigenvalue weighted by atomic mass is 32.2. The summed E-state index contributed by atoms with van der Waals surface area (Å²) in [6.45, 7) is 5.38. The standard InChI is InChI=1S/C32H35N7O3S/c1-5-43(41,42)36-26-16-22(23-17-27(31(40)38(4)19-23)35-24-20-37(3)21-24)18-28-25(26)12-15-39(28)32(2,29-10-6-8-13-33-29)30-11-7-9-14-34-30/h6-19,24,35-36H,5,20-21H2,1-4H3. The van der Waals surface area contributed by atoms with Crippen molar-refractivity contribution in [2.24, 2.45) is 7.05 Å². The van der Waals surface area contributed by atoms with Crippen LogP contribution in [0.2, 0.25) is 0 Å². The topological polar surface area (TPSA) is 114 Å². The minimum absolute atomic E-state index is 0.0667. The Morgan fingerprint density at radius 3 is 2.16 bits per heavy atom. The molecule has 1 aliphatic rings. The van der Waals surface area contributed by atoms with Crippen LogP contribution in [-0.2, 0) is 22.6 Å². The van der Waals surface area contributed by atoms with E-state index in [1.54, 1.807) is 37.1 Å². The molecule has 0 amide bonds. The highest BCUT2D eigenvalue weighted by Crippen LogP contribution is 2.39. The number of sulfonamides is 1. The predicted molar refractivity (Wildman–Crippen MR) is 171 cm³/mol. The molecule has 6 rings (SSSR count). The molecular formula is C32H35N7O3S. The fourth-order valence-electron chi connectivity index (χ4n) is 5.79. The summed E-state index contributed by atoms with van der Waals surface area (Å²) < 4.78 is 32.1. The van der Waals surface area contributed by atoms with Crippen LogP contribution in [0.15, 0.2) is 90.2 Å². The first-order valence-corrected chi connectivity index (χ1v) is 15.9. The van der Waals surface area contributed by atoms with Crippen LogP contribution in [0.4, 0.5) is 11.4 Å². The van der Waals surface area contributed by atoms with Crippen LogP contribution in [0, 0.1) is 0 Å². The fraction of sp³-hybridized carbons (Fsp3) is 0.281. The summed E-state index contributed by atoms with van der Waals surface area (Å²) in [4.78, 5) is 24.7. The molecule has 0 spiro atoms. The van der Waals surface area contributed by atoms with Crippen molar-refractivity contribution in [1.82, 2.24) is 24.0 Å². The van der Waals surface area contributed by atoms with Gasteiger partial charge in [0.15, 0.2) is 0 Å². The number of anilines is 2. The van der Waals surface area contributed by atoms with Crippen molar-refractivity contribution in [1.29, 1.82) is 0 Å². The van der Waals surface area contributed by atoms with Crippen molar-refractivity contribution in [2.75, 3.05) is 35.9 Å². The minimum Gasteiger partial charge on any atom is -0.375 e. The minimum atomic E-state index is -3.59. The van der Waals surface area contributed by atoms with E-state index in [-0.39, 0.29) is 17.4 Å². The molecule has 4 aromatic heterocycles. The van der Waals surface area contributed by atoms with E-state index in [0.717, 1.165) is 46.5 Å². The second-order valence-electron chi connectivity index (χ2n) is 11.3. The number of benzene rings is 1. The molecule has 2 N–H and O–H groups in total. The smallest absolute Gasteiger partial charge is 0.273 e. The van der Waals surface area contributed by atoms with Crippen molar-refractivity contribution in [2.45, 2.75) is 25.4 Å². The summed E-state index contributed by atoms with van der Waals surface area (Å²) in [5.74, 6) is -0.0667. The molecule has 1 saturated heterocycles. The van der Waals surface area contributed by atoms with E-state index in [1.807, 2.05) is 73.9 Å². The third-order valence-electron chi connectivity index (χ3n) is 8.20. The molecule has 0 aliphatic carbocycles. The SMILES string of the molecule is CCS(=O)(=O)Nc1cc(-c2cc(NC3CN(C)C3)c(=O)n(C)c2)cc2c1ccn2C(C)(c1ccccn1)c1ccccn1. The Morgan fingerprint density at radius 2 is 1.58 bits per heavy atom. The Morgan fingerprint density at radius 1 is 0.930 bits per heavy atom. The number of hydrogen-bond donors (Lipinski definition) is 2. The zero-order valence-corrected chi connectivity index (χ0v) is 25.5. The van der Waals surface area contributed by atoms with E-state index in [9.17, 15) is 13.2 Å². The summed E-state index contributed by atoms with van der Waals surface area (Å²) in [6, 6.07) is 19.4. The molecule has 0 unspecified atom stereocenters. The quantitative estimate of drug-likeness (QED) is 0.263. The molecular weight excluding hydrogens is 562 g/mol. The van der Waals surface area contributed by atoms with Gasteiger partial charge in [-0.2, -0.15) is 0 Å². The number of aromatic nitrogens is 4. The van der Waals surface area contributed by atoms with Gasteiger partial charge in [-0.1, -0.05) is 12.1 Å². The maximum atomic E-state index is 13.1. The number of aryl methyl sites for hydroxylation is 1. The lowest BCUT2D eigenvalue weighted by Gasteiger charge is -2.37. The fourth-order valence-corrected chi connectivity index (χ4v) is 6.43. The number of rotatable bonds is 9. The summed E-state index contributed by atoms with van der Waals surface area (Å²) in [5.41, 5.74) is 3.92. The Hall–Kier alpha value is -4.48. The predicted octanol–water partition coefficient (Wildman–Crippen LogP) is 4.10. The number of pyridine rings is 3. The van der Waals surface area contributed by atoms with E-state index in [2.05, 4.69) is 26.4 Å². The summed E-state index contributed by atoms with van der Waals surface area (Å²) >= 11 is 0. The molecule has 0 saturated carbocycles. The molecule has 1 aliphatic heterocycles. The lowest BCUT2D eigenvalue weighted by molar-refractivity contribution is 0.205. The van der Waals surface area contributed by atoms with Gasteiger partial charge in [-0.05, 0) is 75.0 Å². The second kappa shape index (κ2) is 11.0. The summed E-state index contributed by atoms with van der Waals surface area (Å²) in [6.07, 6.45) is 7.24. The van der Waals surface area contributed by atoms with Crippen molar-refractivity contribution < 1.29 is 8.42 Å². The maximum Gasteiger partial charge on any atom is 0.273 e. The molecule has 0 bridgehead atoms. The second-order valence-corrected chi connectivity index (χ2v) is 13.3. The number of likely N-dealkylation sites (tertiary alicyclic amines) is 1. The van der Waals surface area contributed by atoms with Crippen LogP contribution in [0.1, 0.15) is 25.2 Å². The van der Waals surface area contributed by atoms with E-state index in [0.29, 0.717) is 11.4 Å². The average Bonchev–Trinajstić information content (AvgIpc) is 3.44. The third-order valence-corrected chi connectivity index (χ3v) is 9.49. The Bertz CT molecular complexity index is 1910. The molecule has 5 aromatic rings. The summed E-state index contributed by atoms with van der Waals surface area (Å²) in [5, 5.41) is 4.13. The van der Waals surface area contributed by atoms with Crippen molar-refractivity contribution >= 4 is 32.3 Å². The van der Waals surface area contributed by atoms with Crippen molar-refractivity contribution in [3.63, 3.8) is 0 Å². The van der Waals surface area contributed by atoms with Gasteiger partial charge in [0.2, 0.25) is 10.0 Å². The van der Waals surface area contributed by atoms with Gasteiger partial charge in [-0.15, -0.1) is 0 Å². The van der Waals surface area contributed by atoms with Crippen molar-refractivity contribution in [3.8, 4) is 11.1 Å². The third kappa shape index (κ3) is 5.30. The Balaban J connectivity index is 1.59. The van der Waals surface area contributed by atoms with Crippen LogP contribution in [0.5, 0.6) is 0 Å². The van der Waals surface area contributed by atoms with Gasteiger partial charge < -0.3 is 19.4 Å². The molecule has 1 aromatic carbocycles. The highest BCUT2D eigenvalue weighted by Gasteiger charge is 2.35. The first kappa shape index (κ1) is 28.6. The van der Waals surface area contributed by atoms with Gasteiger partial charge in [0, 0.05) is 55.9 Å². The van der Waals surface area contributed by atoms with Crippen molar-refractivity contribution in [3.05, 3.63) is 107 Å². The molecule has 5 heterocycles. The Labute approximate surface area is 251 Å². The number of hydrogen-bond acceptors (Lipinski definition) is 7. The molecule has 0 atom stereocenters. The molecule has 1 fully saturated rings. The van der Waals surface area contributed by atoms with E-state index in [4.69, 9.17) is 9.97 Å². The van der Waals surface area contributed by atoms with Gasteiger partial charge in [0.25, 0.3) is 5.56 Å². The molecule has 10 nitrogen and oxygen atoms in total. The summed E-state index contributed by atoms with van der Waals surface area (Å²) in [7, 11) is 0.179. The van der Waals surface area contributed by atoms with Gasteiger partial charge in [-0.3, -0.25) is 19.5 Å². The molecule has 222 valence electrons.